The van der Waals surface area contributed by atoms with Crippen LogP contribution >= 0.6 is 0 Å². The van der Waals surface area contributed by atoms with Crippen molar-refractivity contribution in [1.29, 1.82) is 0 Å². The molecule has 0 saturated heterocycles. The number of carbonyl (C=O) groups is 1. The van der Waals surface area contributed by atoms with Crippen molar-refractivity contribution in [2.45, 2.75) is 32.9 Å². The van der Waals surface area contributed by atoms with Gasteiger partial charge in [0.1, 0.15) is 11.6 Å². The second kappa shape index (κ2) is 6.52. The molecule has 19 heavy (non-hydrogen) atoms. The fourth-order valence-electron chi connectivity index (χ4n) is 2.19. The SMILES string of the molecule is COc1cccc(F)c1C(C)N(CC(=O)O)C(C)C. The minimum atomic E-state index is -0.934. The summed E-state index contributed by atoms with van der Waals surface area (Å²) < 4.78 is 19.2. The molecule has 1 rings (SSSR count). The van der Waals surface area contributed by atoms with Crippen LogP contribution in [0.2, 0.25) is 0 Å². The lowest BCUT2D eigenvalue weighted by Crippen LogP contribution is -2.38. The molecular formula is C14H20FNO3. The third-order valence-corrected chi connectivity index (χ3v) is 3.13. The molecule has 1 aromatic rings. The Hall–Kier alpha value is -1.62. The number of aliphatic carboxylic acids is 1. The molecule has 106 valence electrons. The van der Waals surface area contributed by atoms with Crippen LogP contribution in [0.4, 0.5) is 4.39 Å². The zero-order chi connectivity index (χ0) is 14.6. The molecule has 0 heterocycles. The van der Waals surface area contributed by atoms with Crippen LogP contribution in [-0.2, 0) is 4.79 Å². The molecule has 0 aliphatic carbocycles. The third-order valence-electron chi connectivity index (χ3n) is 3.13. The van der Waals surface area contributed by atoms with E-state index in [1.807, 2.05) is 13.8 Å². The van der Waals surface area contributed by atoms with Gasteiger partial charge in [0.05, 0.1) is 13.7 Å². The van der Waals surface area contributed by atoms with E-state index in [9.17, 15) is 9.18 Å². The second-order valence-corrected chi connectivity index (χ2v) is 4.69. The highest BCUT2D eigenvalue weighted by Gasteiger charge is 2.26. The summed E-state index contributed by atoms with van der Waals surface area (Å²) in [5, 5.41) is 8.96. The quantitative estimate of drug-likeness (QED) is 0.862. The summed E-state index contributed by atoms with van der Waals surface area (Å²) in [5.41, 5.74) is 0.389. The number of ether oxygens (including phenoxy) is 1. The van der Waals surface area contributed by atoms with Gasteiger partial charge in [0, 0.05) is 17.6 Å². The van der Waals surface area contributed by atoms with E-state index < -0.39 is 5.97 Å². The van der Waals surface area contributed by atoms with Crippen LogP contribution in [0, 0.1) is 5.82 Å². The molecule has 0 aliphatic rings. The van der Waals surface area contributed by atoms with Crippen molar-refractivity contribution in [2.75, 3.05) is 13.7 Å². The first-order chi connectivity index (χ1) is 8.88. The Kier molecular flexibility index (Phi) is 5.30. The van der Waals surface area contributed by atoms with Gasteiger partial charge in [-0.2, -0.15) is 0 Å². The molecule has 0 aromatic heterocycles. The Morgan fingerprint density at radius 2 is 2.05 bits per heavy atom. The average Bonchev–Trinajstić information content (AvgIpc) is 2.34. The molecule has 1 aromatic carbocycles. The van der Waals surface area contributed by atoms with Crippen LogP contribution in [0.1, 0.15) is 32.4 Å². The smallest absolute Gasteiger partial charge is 0.317 e. The molecule has 1 atom stereocenters. The van der Waals surface area contributed by atoms with Crippen LogP contribution in [0.3, 0.4) is 0 Å². The molecule has 0 spiro atoms. The molecule has 5 heteroatoms. The standard InChI is InChI=1S/C14H20FNO3/c1-9(2)16(8-13(17)18)10(3)14-11(15)6-5-7-12(14)19-4/h5-7,9-10H,8H2,1-4H3,(H,17,18). The second-order valence-electron chi connectivity index (χ2n) is 4.69. The number of hydrogen-bond donors (Lipinski definition) is 1. The molecule has 0 radical (unpaired) electrons. The number of rotatable bonds is 6. The summed E-state index contributed by atoms with van der Waals surface area (Å²) >= 11 is 0. The van der Waals surface area contributed by atoms with Gasteiger partial charge in [-0.3, -0.25) is 9.69 Å². The van der Waals surface area contributed by atoms with E-state index in [-0.39, 0.29) is 24.4 Å². The molecule has 4 nitrogen and oxygen atoms in total. The fourth-order valence-corrected chi connectivity index (χ4v) is 2.19. The number of methoxy groups -OCH3 is 1. The highest BCUT2D eigenvalue weighted by molar-refractivity contribution is 5.69. The van der Waals surface area contributed by atoms with E-state index in [4.69, 9.17) is 9.84 Å². The normalized spacial score (nSPS) is 12.8. The molecule has 0 saturated carbocycles. The Morgan fingerprint density at radius 3 is 2.53 bits per heavy atom. The van der Waals surface area contributed by atoms with E-state index >= 15 is 0 Å². The Bertz CT molecular complexity index is 448. The third kappa shape index (κ3) is 3.67. The van der Waals surface area contributed by atoms with Crippen molar-refractivity contribution >= 4 is 5.97 Å². The largest absolute Gasteiger partial charge is 0.496 e. The van der Waals surface area contributed by atoms with Gasteiger partial charge in [-0.05, 0) is 32.9 Å². The number of carboxylic acids is 1. The van der Waals surface area contributed by atoms with Crippen LogP contribution in [0.5, 0.6) is 5.75 Å². The van der Waals surface area contributed by atoms with Crippen LogP contribution in [0.15, 0.2) is 18.2 Å². The average molecular weight is 269 g/mol. The summed E-state index contributed by atoms with van der Waals surface area (Å²) in [4.78, 5) is 12.6. The van der Waals surface area contributed by atoms with E-state index in [2.05, 4.69) is 0 Å². The van der Waals surface area contributed by atoms with Crippen molar-refractivity contribution in [3.63, 3.8) is 0 Å². The lowest BCUT2D eigenvalue weighted by atomic mass is 10.0. The molecule has 1 unspecified atom stereocenters. The Morgan fingerprint density at radius 1 is 1.42 bits per heavy atom. The predicted molar refractivity (Wildman–Crippen MR) is 70.8 cm³/mol. The topological polar surface area (TPSA) is 49.8 Å². The number of hydrogen-bond acceptors (Lipinski definition) is 3. The van der Waals surface area contributed by atoms with Gasteiger partial charge in [0.2, 0.25) is 0 Å². The van der Waals surface area contributed by atoms with Gasteiger partial charge in [-0.1, -0.05) is 6.07 Å². The van der Waals surface area contributed by atoms with Crippen LogP contribution in [-0.4, -0.2) is 35.7 Å². The minimum absolute atomic E-state index is 0.0181. The van der Waals surface area contributed by atoms with Crippen LogP contribution in [0.25, 0.3) is 0 Å². The van der Waals surface area contributed by atoms with Crippen molar-refractivity contribution in [3.8, 4) is 5.75 Å². The first-order valence-electron chi connectivity index (χ1n) is 6.18. The number of nitrogens with zero attached hydrogens (tertiary/aromatic N) is 1. The number of carboxylic acid groups (broad SMARTS) is 1. The van der Waals surface area contributed by atoms with Gasteiger partial charge in [0.25, 0.3) is 0 Å². The minimum Gasteiger partial charge on any atom is -0.496 e. The molecule has 0 bridgehead atoms. The summed E-state index contributed by atoms with van der Waals surface area (Å²) in [7, 11) is 1.47. The first kappa shape index (κ1) is 15.4. The lowest BCUT2D eigenvalue weighted by molar-refractivity contribution is -0.139. The van der Waals surface area contributed by atoms with Gasteiger partial charge < -0.3 is 9.84 Å². The van der Waals surface area contributed by atoms with Crippen LogP contribution < -0.4 is 4.74 Å². The molecule has 0 fully saturated rings. The Balaban J connectivity index is 3.15. The number of halogens is 1. The van der Waals surface area contributed by atoms with Gasteiger partial charge in [0.15, 0.2) is 0 Å². The molecule has 1 N–H and O–H groups in total. The molecule has 0 aliphatic heterocycles. The van der Waals surface area contributed by atoms with Crippen molar-refractivity contribution in [1.82, 2.24) is 4.90 Å². The lowest BCUT2D eigenvalue weighted by Gasteiger charge is -2.32. The zero-order valence-corrected chi connectivity index (χ0v) is 11.7. The van der Waals surface area contributed by atoms with Crippen molar-refractivity contribution < 1.29 is 19.0 Å². The first-order valence-corrected chi connectivity index (χ1v) is 6.18. The maximum absolute atomic E-state index is 14.0. The van der Waals surface area contributed by atoms with Crippen molar-refractivity contribution in [3.05, 3.63) is 29.6 Å². The Labute approximate surface area is 112 Å². The van der Waals surface area contributed by atoms with E-state index in [0.717, 1.165) is 0 Å². The van der Waals surface area contributed by atoms with Crippen molar-refractivity contribution in [2.24, 2.45) is 0 Å². The summed E-state index contributed by atoms with van der Waals surface area (Å²) in [5.74, 6) is -0.887. The fraction of sp³-hybridized carbons (Fsp3) is 0.500. The monoisotopic (exact) mass is 269 g/mol. The van der Waals surface area contributed by atoms with Gasteiger partial charge in [-0.25, -0.2) is 4.39 Å². The van der Waals surface area contributed by atoms with Gasteiger partial charge >= 0.3 is 5.97 Å². The molecular weight excluding hydrogens is 249 g/mol. The highest BCUT2D eigenvalue weighted by atomic mass is 19.1. The highest BCUT2D eigenvalue weighted by Crippen LogP contribution is 2.32. The molecule has 0 amide bonds. The zero-order valence-electron chi connectivity index (χ0n) is 11.7. The predicted octanol–water partition coefficient (Wildman–Crippen LogP) is 2.69. The summed E-state index contributed by atoms with van der Waals surface area (Å²) in [6.07, 6.45) is 0. The number of benzene rings is 1. The van der Waals surface area contributed by atoms with Gasteiger partial charge in [-0.15, -0.1) is 0 Å². The maximum atomic E-state index is 14.0. The maximum Gasteiger partial charge on any atom is 0.317 e. The summed E-state index contributed by atoms with van der Waals surface area (Å²) in [6.45, 7) is 5.40. The van der Waals surface area contributed by atoms with E-state index in [1.54, 1.807) is 24.0 Å². The van der Waals surface area contributed by atoms with E-state index in [0.29, 0.717) is 11.3 Å². The summed E-state index contributed by atoms with van der Waals surface area (Å²) in [6, 6.07) is 4.20. The van der Waals surface area contributed by atoms with E-state index in [1.165, 1.54) is 13.2 Å².